The first kappa shape index (κ1) is 13.6. The predicted octanol–water partition coefficient (Wildman–Crippen LogP) is 1.91. The van der Waals surface area contributed by atoms with Crippen molar-refractivity contribution in [3.8, 4) is 0 Å². The third-order valence-corrected chi connectivity index (χ3v) is 3.91. The Morgan fingerprint density at radius 1 is 1.44 bits per heavy atom. The summed E-state index contributed by atoms with van der Waals surface area (Å²) in [5.41, 5.74) is 8.21. The summed E-state index contributed by atoms with van der Waals surface area (Å²) < 4.78 is 2.12. The number of hydrogen-bond donors (Lipinski definition) is 1. The highest BCUT2D eigenvalue weighted by molar-refractivity contribution is 5.09. The molecular weight excluding hydrogens is 224 g/mol. The number of aryl methyl sites for hydroxylation is 2. The van der Waals surface area contributed by atoms with E-state index in [1.807, 2.05) is 0 Å². The molecular formula is C14H26N4. The van der Waals surface area contributed by atoms with Gasteiger partial charge in [-0.2, -0.15) is 5.10 Å². The van der Waals surface area contributed by atoms with Crippen LogP contribution >= 0.6 is 0 Å². The van der Waals surface area contributed by atoms with Gasteiger partial charge in [0.15, 0.2) is 0 Å². The van der Waals surface area contributed by atoms with Gasteiger partial charge in [0.1, 0.15) is 0 Å². The van der Waals surface area contributed by atoms with Crippen LogP contribution in [0, 0.1) is 6.92 Å². The molecule has 0 saturated heterocycles. The van der Waals surface area contributed by atoms with Gasteiger partial charge in [0.25, 0.3) is 0 Å². The molecule has 0 atom stereocenters. The molecule has 18 heavy (non-hydrogen) atoms. The Morgan fingerprint density at radius 3 is 2.78 bits per heavy atom. The molecule has 1 aliphatic carbocycles. The zero-order chi connectivity index (χ0) is 13.0. The first-order valence-corrected chi connectivity index (χ1v) is 7.22. The van der Waals surface area contributed by atoms with Crippen molar-refractivity contribution in [3.63, 3.8) is 0 Å². The minimum Gasteiger partial charge on any atom is -0.329 e. The number of rotatable bonds is 6. The van der Waals surface area contributed by atoms with Crippen LogP contribution in [0.5, 0.6) is 0 Å². The fourth-order valence-corrected chi connectivity index (χ4v) is 3.03. The van der Waals surface area contributed by atoms with Crippen molar-refractivity contribution in [1.29, 1.82) is 0 Å². The maximum absolute atomic E-state index is 5.76. The van der Waals surface area contributed by atoms with E-state index in [9.17, 15) is 0 Å². The molecule has 102 valence electrons. The van der Waals surface area contributed by atoms with Gasteiger partial charge in [0.2, 0.25) is 0 Å². The van der Waals surface area contributed by atoms with Crippen molar-refractivity contribution >= 4 is 0 Å². The highest BCUT2D eigenvalue weighted by atomic mass is 15.3. The van der Waals surface area contributed by atoms with Gasteiger partial charge in [-0.3, -0.25) is 9.58 Å². The van der Waals surface area contributed by atoms with E-state index in [1.165, 1.54) is 31.4 Å². The quantitative estimate of drug-likeness (QED) is 0.839. The van der Waals surface area contributed by atoms with E-state index < -0.39 is 0 Å². The summed E-state index contributed by atoms with van der Waals surface area (Å²) in [4.78, 5) is 2.55. The van der Waals surface area contributed by atoms with Crippen LogP contribution in [-0.4, -0.2) is 33.8 Å². The zero-order valence-corrected chi connectivity index (χ0v) is 11.7. The molecule has 1 aromatic rings. The van der Waals surface area contributed by atoms with Crippen LogP contribution in [0.15, 0.2) is 6.07 Å². The van der Waals surface area contributed by atoms with Gasteiger partial charge in [-0.25, -0.2) is 0 Å². The number of hydrogen-bond acceptors (Lipinski definition) is 3. The maximum atomic E-state index is 5.76. The molecule has 0 spiro atoms. The Kier molecular flexibility index (Phi) is 4.78. The Hall–Kier alpha value is -0.870. The van der Waals surface area contributed by atoms with Crippen LogP contribution in [0.4, 0.5) is 0 Å². The van der Waals surface area contributed by atoms with Crippen LogP contribution in [0.25, 0.3) is 0 Å². The number of nitrogens with two attached hydrogens (primary N) is 1. The predicted molar refractivity (Wildman–Crippen MR) is 74.4 cm³/mol. The van der Waals surface area contributed by atoms with E-state index in [2.05, 4.69) is 34.6 Å². The van der Waals surface area contributed by atoms with Gasteiger partial charge in [0.05, 0.1) is 11.4 Å². The highest BCUT2D eigenvalue weighted by Gasteiger charge is 2.23. The average molecular weight is 250 g/mol. The van der Waals surface area contributed by atoms with Crippen molar-refractivity contribution < 1.29 is 0 Å². The minimum absolute atomic E-state index is 0.731. The molecule has 4 nitrogen and oxygen atoms in total. The second-order valence-electron chi connectivity index (χ2n) is 5.29. The first-order valence-electron chi connectivity index (χ1n) is 7.22. The highest BCUT2D eigenvalue weighted by Crippen LogP contribution is 2.24. The molecule has 0 aromatic carbocycles. The van der Waals surface area contributed by atoms with Gasteiger partial charge in [-0.1, -0.05) is 12.8 Å². The molecule has 0 amide bonds. The van der Waals surface area contributed by atoms with Gasteiger partial charge in [-0.05, 0) is 32.8 Å². The summed E-state index contributed by atoms with van der Waals surface area (Å²) in [5, 5.41) is 4.53. The Morgan fingerprint density at radius 2 is 2.17 bits per heavy atom. The smallest absolute Gasteiger partial charge is 0.0597 e. The van der Waals surface area contributed by atoms with Crippen molar-refractivity contribution in [3.05, 3.63) is 17.5 Å². The van der Waals surface area contributed by atoms with Gasteiger partial charge >= 0.3 is 0 Å². The van der Waals surface area contributed by atoms with Crippen molar-refractivity contribution in [1.82, 2.24) is 14.7 Å². The van der Waals surface area contributed by atoms with Crippen molar-refractivity contribution in [2.75, 3.05) is 13.1 Å². The SMILES string of the molecule is CCn1nc(C)cc1CN(CCN)C1CCCC1. The van der Waals surface area contributed by atoms with Gasteiger partial charge < -0.3 is 5.73 Å². The van der Waals surface area contributed by atoms with E-state index in [0.29, 0.717) is 0 Å². The van der Waals surface area contributed by atoms with E-state index in [4.69, 9.17) is 5.73 Å². The molecule has 0 unspecified atom stereocenters. The molecule has 0 bridgehead atoms. The normalized spacial score (nSPS) is 16.9. The van der Waals surface area contributed by atoms with Gasteiger partial charge in [-0.15, -0.1) is 0 Å². The fourth-order valence-electron chi connectivity index (χ4n) is 3.03. The molecule has 1 fully saturated rings. The molecule has 1 aliphatic rings. The summed E-state index contributed by atoms with van der Waals surface area (Å²) in [6.07, 6.45) is 5.41. The third-order valence-electron chi connectivity index (χ3n) is 3.91. The fraction of sp³-hybridized carbons (Fsp3) is 0.786. The standard InChI is InChI=1S/C14H26N4/c1-3-18-14(10-12(2)16-18)11-17(9-8-15)13-6-4-5-7-13/h10,13H,3-9,11,15H2,1-2H3. The summed E-state index contributed by atoms with van der Waals surface area (Å²) in [6.45, 7) is 7.91. The minimum atomic E-state index is 0.731. The van der Waals surface area contributed by atoms with E-state index in [0.717, 1.165) is 37.9 Å². The second kappa shape index (κ2) is 6.34. The zero-order valence-electron chi connectivity index (χ0n) is 11.7. The van der Waals surface area contributed by atoms with Gasteiger partial charge in [0, 0.05) is 32.2 Å². The molecule has 4 heteroatoms. The van der Waals surface area contributed by atoms with Crippen LogP contribution < -0.4 is 5.73 Å². The van der Waals surface area contributed by atoms with Crippen LogP contribution in [0.3, 0.4) is 0 Å². The molecule has 1 saturated carbocycles. The molecule has 0 aliphatic heterocycles. The molecule has 0 radical (unpaired) electrons. The lowest BCUT2D eigenvalue weighted by Gasteiger charge is -2.28. The topological polar surface area (TPSA) is 47.1 Å². The Bertz CT molecular complexity index is 366. The summed E-state index contributed by atoms with van der Waals surface area (Å²) in [7, 11) is 0. The monoisotopic (exact) mass is 250 g/mol. The molecule has 1 heterocycles. The third kappa shape index (κ3) is 3.12. The largest absolute Gasteiger partial charge is 0.329 e. The van der Waals surface area contributed by atoms with Crippen molar-refractivity contribution in [2.45, 2.75) is 58.7 Å². The lowest BCUT2D eigenvalue weighted by molar-refractivity contribution is 0.190. The van der Waals surface area contributed by atoms with Crippen molar-refractivity contribution in [2.24, 2.45) is 5.73 Å². The summed E-state index contributed by atoms with van der Waals surface area (Å²) in [6, 6.07) is 2.94. The lowest BCUT2D eigenvalue weighted by Crippen LogP contribution is -2.37. The van der Waals surface area contributed by atoms with Crippen LogP contribution in [0.2, 0.25) is 0 Å². The second-order valence-corrected chi connectivity index (χ2v) is 5.29. The summed E-state index contributed by atoms with van der Waals surface area (Å²) >= 11 is 0. The maximum Gasteiger partial charge on any atom is 0.0597 e. The van der Waals surface area contributed by atoms with E-state index in [1.54, 1.807) is 0 Å². The lowest BCUT2D eigenvalue weighted by atomic mass is 10.2. The Labute approximate surface area is 110 Å². The van der Waals surface area contributed by atoms with Crippen LogP contribution in [0.1, 0.15) is 44.0 Å². The molecule has 2 rings (SSSR count). The van der Waals surface area contributed by atoms with E-state index in [-0.39, 0.29) is 0 Å². The summed E-state index contributed by atoms with van der Waals surface area (Å²) in [5.74, 6) is 0. The van der Waals surface area contributed by atoms with Crippen LogP contribution in [-0.2, 0) is 13.1 Å². The number of aromatic nitrogens is 2. The number of nitrogens with zero attached hydrogens (tertiary/aromatic N) is 3. The van der Waals surface area contributed by atoms with E-state index >= 15 is 0 Å². The first-order chi connectivity index (χ1) is 8.74. The average Bonchev–Trinajstić information content (AvgIpc) is 2.97. The molecule has 2 N–H and O–H groups in total. The molecule has 1 aromatic heterocycles. The Balaban J connectivity index is 2.06.